The van der Waals surface area contributed by atoms with Crippen molar-refractivity contribution in [1.29, 1.82) is 0 Å². The van der Waals surface area contributed by atoms with E-state index in [4.69, 9.17) is 4.55 Å². The van der Waals surface area contributed by atoms with Crippen LogP contribution in [-0.4, -0.2) is 32.7 Å². The maximum absolute atomic E-state index is 10.2. The van der Waals surface area contributed by atoms with Crippen LogP contribution >= 0.6 is 0 Å². The molecule has 0 aliphatic heterocycles. The summed E-state index contributed by atoms with van der Waals surface area (Å²) in [6.45, 7) is 8.70. The average molecular weight is 340 g/mol. The molecule has 0 aromatic heterocycles. The minimum Gasteiger partial charge on any atom is -0.317 e. The van der Waals surface area contributed by atoms with Gasteiger partial charge in [-0.1, -0.05) is 78.6 Å². The summed E-state index contributed by atoms with van der Waals surface area (Å²) in [5.41, 5.74) is 0. The third-order valence-electron chi connectivity index (χ3n) is 3.23. The molecule has 0 aliphatic carbocycles. The van der Waals surface area contributed by atoms with E-state index in [0.29, 0.717) is 6.42 Å². The lowest BCUT2D eigenvalue weighted by molar-refractivity contribution is 0.261. The Kier molecular flexibility index (Phi) is 20.7. The number of unbranched alkanes of at least 4 members (excludes halogenated alkanes) is 9. The zero-order valence-electron chi connectivity index (χ0n) is 14.8. The average Bonchev–Trinajstić information content (AvgIpc) is 2.45. The van der Waals surface area contributed by atoms with Gasteiger partial charge in [0.25, 0.3) is 0 Å². The maximum Gasteiger partial charge on any atom is 0.397 e. The van der Waals surface area contributed by atoms with E-state index in [2.05, 4.69) is 30.3 Å². The third kappa shape index (κ3) is 28.1. The molecule has 22 heavy (non-hydrogen) atoms. The van der Waals surface area contributed by atoms with E-state index >= 15 is 0 Å². The van der Waals surface area contributed by atoms with Gasteiger partial charge in [-0.05, 0) is 19.5 Å². The topological polar surface area (TPSA) is 75.6 Å². The van der Waals surface area contributed by atoms with Crippen LogP contribution < -0.4 is 5.32 Å². The van der Waals surface area contributed by atoms with Crippen LogP contribution in [0.5, 0.6) is 0 Å². The van der Waals surface area contributed by atoms with E-state index in [1.165, 1.54) is 44.9 Å². The van der Waals surface area contributed by atoms with Crippen molar-refractivity contribution in [2.45, 2.75) is 85.0 Å². The van der Waals surface area contributed by atoms with Crippen molar-refractivity contribution in [2.24, 2.45) is 0 Å². The van der Waals surface area contributed by atoms with Crippen LogP contribution in [0.3, 0.4) is 0 Å². The van der Waals surface area contributed by atoms with Crippen molar-refractivity contribution in [1.82, 2.24) is 5.32 Å². The Morgan fingerprint density at radius 1 is 0.773 bits per heavy atom. The van der Waals surface area contributed by atoms with Crippen molar-refractivity contribution >= 4 is 10.4 Å². The Morgan fingerprint density at radius 2 is 1.18 bits per heavy atom. The molecular weight excluding hydrogens is 302 g/mol. The van der Waals surface area contributed by atoms with Crippen LogP contribution in [0.4, 0.5) is 0 Å². The first-order valence-corrected chi connectivity index (χ1v) is 10.2. The second kappa shape index (κ2) is 18.9. The fraction of sp³-hybridized carbons (Fsp3) is 1.00. The molecular formula is C16H37NO4S. The van der Waals surface area contributed by atoms with Gasteiger partial charge in [-0.25, -0.2) is 4.18 Å². The van der Waals surface area contributed by atoms with Gasteiger partial charge in [0.1, 0.15) is 0 Å². The van der Waals surface area contributed by atoms with Crippen LogP contribution in [0, 0.1) is 0 Å². The van der Waals surface area contributed by atoms with Crippen molar-refractivity contribution in [3.05, 3.63) is 0 Å². The van der Waals surface area contributed by atoms with Crippen LogP contribution in [0.2, 0.25) is 0 Å². The Balaban J connectivity index is 0. The predicted molar refractivity (Wildman–Crippen MR) is 93.6 cm³/mol. The molecule has 0 unspecified atom stereocenters. The maximum atomic E-state index is 10.2. The Labute approximate surface area is 138 Å². The standard InChI is InChI=1S/C12H26O4S.C4H11N/c1-2-3-4-5-6-7-8-9-10-11-12-16-17(13,14)15;1-3-5-4-2/h2-12H2,1H3,(H,13,14,15);5H,3-4H2,1-2H3. The number of rotatable bonds is 14. The zero-order valence-corrected chi connectivity index (χ0v) is 15.6. The van der Waals surface area contributed by atoms with Gasteiger partial charge >= 0.3 is 10.4 Å². The highest BCUT2D eigenvalue weighted by atomic mass is 32.3. The lowest BCUT2D eigenvalue weighted by atomic mass is 10.1. The van der Waals surface area contributed by atoms with Crippen LogP contribution in [0.25, 0.3) is 0 Å². The summed E-state index contributed by atoms with van der Waals surface area (Å²) in [6.07, 6.45) is 11.9. The second-order valence-electron chi connectivity index (χ2n) is 5.39. The van der Waals surface area contributed by atoms with Crippen LogP contribution in [-0.2, 0) is 14.6 Å². The molecule has 0 saturated carbocycles. The summed E-state index contributed by atoms with van der Waals surface area (Å²) < 4.78 is 33.0. The fourth-order valence-electron chi connectivity index (χ4n) is 2.00. The van der Waals surface area contributed by atoms with Crippen molar-refractivity contribution in [3.8, 4) is 0 Å². The van der Waals surface area contributed by atoms with E-state index in [-0.39, 0.29) is 6.61 Å². The van der Waals surface area contributed by atoms with Gasteiger partial charge in [-0.3, -0.25) is 4.55 Å². The largest absolute Gasteiger partial charge is 0.397 e. The molecule has 0 atom stereocenters. The minimum absolute atomic E-state index is 0.0926. The summed E-state index contributed by atoms with van der Waals surface area (Å²) in [5, 5.41) is 3.11. The molecule has 0 saturated heterocycles. The second-order valence-corrected chi connectivity index (χ2v) is 6.48. The molecule has 0 aliphatic rings. The summed E-state index contributed by atoms with van der Waals surface area (Å²) in [6, 6.07) is 0. The van der Waals surface area contributed by atoms with Gasteiger partial charge in [-0.2, -0.15) is 8.42 Å². The van der Waals surface area contributed by atoms with Gasteiger partial charge in [-0.15, -0.1) is 0 Å². The molecule has 0 heterocycles. The number of nitrogens with one attached hydrogen (secondary N) is 1. The highest BCUT2D eigenvalue weighted by molar-refractivity contribution is 7.80. The molecule has 0 bridgehead atoms. The van der Waals surface area contributed by atoms with E-state index < -0.39 is 10.4 Å². The summed E-state index contributed by atoms with van der Waals surface area (Å²) in [4.78, 5) is 0. The van der Waals surface area contributed by atoms with Crippen molar-refractivity contribution in [2.75, 3.05) is 19.7 Å². The monoisotopic (exact) mass is 339 g/mol. The van der Waals surface area contributed by atoms with Crippen LogP contribution in [0.1, 0.15) is 85.0 Å². The third-order valence-corrected chi connectivity index (χ3v) is 3.69. The first-order chi connectivity index (χ1) is 10.5. The summed E-state index contributed by atoms with van der Waals surface area (Å²) in [5.74, 6) is 0. The smallest absolute Gasteiger partial charge is 0.317 e. The summed E-state index contributed by atoms with van der Waals surface area (Å²) >= 11 is 0. The molecule has 2 N–H and O–H groups in total. The first-order valence-electron chi connectivity index (χ1n) is 8.80. The highest BCUT2D eigenvalue weighted by Crippen LogP contribution is 2.10. The van der Waals surface area contributed by atoms with E-state index in [0.717, 1.165) is 25.9 Å². The Morgan fingerprint density at radius 3 is 1.50 bits per heavy atom. The number of hydrogen-bond donors (Lipinski definition) is 2. The van der Waals surface area contributed by atoms with Crippen molar-refractivity contribution in [3.63, 3.8) is 0 Å². The minimum atomic E-state index is -4.23. The molecule has 0 amide bonds. The predicted octanol–water partition coefficient (Wildman–Crippen LogP) is 4.34. The zero-order chi connectivity index (χ0) is 17.1. The molecule has 136 valence electrons. The normalized spacial score (nSPS) is 11.1. The van der Waals surface area contributed by atoms with E-state index in [9.17, 15) is 8.42 Å². The van der Waals surface area contributed by atoms with Gasteiger partial charge < -0.3 is 5.32 Å². The van der Waals surface area contributed by atoms with Crippen LogP contribution in [0.15, 0.2) is 0 Å². The first kappa shape index (κ1) is 24.1. The molecule has 0 rings (SSSR count). The molecule has 5 nitrogen and oxygen atoms in total. The molecule has 0 spiro atoms. The lowest BCUT2D eigenvalue weighted by Gasteiger charge is -2.02. The quantitative estimate of drug-likeness (QED) is 0.363. The van der Waals surface area contributed by atoms with Gasteiger partial charge in [0.05, 0.1) is 6.61 Å². The fourth-order valence-corrected chi connectivity index (χ4v) is 2.33. The molecule has 0 aromatic rings. The lowest BCUT2D eigenvalue weighted by Crippen LogP contribution is -2.09. The Bertz CT molecular complexity index is 293. The van der Waals surface area contributed by atoms with Gasteiger partial charge in [0.15, 0.2) is 0 Å². The summed E-state index contributed by atoms with van der Waals surface area (Å²) in [7, 11) is -4.23. The Hall–Kier alpha value is -0.170. The molecule has 6 heteroatoms. The SMILES string of the molecule is CCCCCCCCCCCCOS(=O)(=O)O.CCNCC. The highest BCUT2D eigenvalue weighted by Gasteiger charge is 2.02. The van der Waals surface area contributed by atoms with Gasteiger partial charge in [0.2, 0.25) is 0 Å². The molecule has 0 aromatic carbocycles. The van der Waals surface area contributed by atoms with E-state index in [1.54, 1.807) is 0 Å². The van der Waals surface area contributed by atoms with E-state index in [1.807, 2.05) is 0 Å². The molecule has 0 radical (unpaired) electrons. The molecule has 0 fully saturated rings. The van der Waals surface area contributed by atoms with Gasteiger partial charge in [0, 0.05) is 0 Å². The number of hydrogen-bond acceptors (Lipinski definition) is 4. The van der Waals surface area contributed by atoms with Crippen molar-refractivity contribution < 1.29 is 17.2 Å².